The summed E-state index contributed by atoms with van der Waals surface area (Å²) in [6.07, 6.45) is 5.05. The van der Waals surface area contributed by atoms with Crippen LogP contribution < -0.4 is 4.74 Å². The Balaban J connectivity index is 1.50. The third kappa shape index (κ3) is 7.31. The molecule has 0 radical (unpaired) electrons. The summed E-state index contributed by atoms with van der Waals surface area (Å²) in [4.78, 5) is 33.0. The van der Waals surface area contributed by atoms with Gasteiger partial charge >= 0.3 is 12.1 Å². The molecule has 0 N–H and O–H groups in total. The molecule has 0 bridgehead atoms. The fourth-order valence-corrected chi connectivity index (χ4v) is 5.10. The van der Waals surface area contributed by atoms with Crippen molar-refractivity contribution in [2.24, 2.45) is 5.41 Å². The minimum Gasteiger partial charge on any atom is -0.477 e. The van der Waals surface area contributed by atoms with Crippen LogP contribution in [0.25, 0.3) is 0 Å². The number of piperidine rings is 1. The SMILES string of the molecule is C=CCOC(=O)N(CC1(COc2ccc(F)cn2)CCN(CCC(=O)OC)CC1)[C@@H]1CC1c1ccccc1. The number of carbonyl (C=O) groups excluding carboxylic acids is 2. The van der Waals surface area contributed by atoms with E-state index < -0.39 is 5.82 Å². The Morgan fingerprint density at radius 3 is 2.63 bits per heavy atom. The average Bonchev–Trinajstić information content (AvgIpc) is 3.75. The Morgan fingerprint density at radius 2 is 1.97 bits per heavy atom. The van der Waals surface area contributed by atoms with Crippen LogP contribution in [0.2, 0.25) is 0 Å². The quantitative estimate of drug-likeness (QED) is 0.300. The molecular formula is C29H36FN3O5. The Kier molecular flexibility index (Phi) is 9.33. The van der Waals surface area contributed by atoms with Crippen LogP contribution in [-0.2, 0) is 14.3 Å². The summed E-state index contributed by atoms with van der Waals surface area (Å²) < 4.78 is 29.7. The van der Waals surface area contributed by atoms with Crippen molar-refractivity contribution in [1.82, 2.24) is 14.8 Å². The van der Waals surface area contributed by atoms with E-state index in [1.165, 1.54) is 24.8 Å². The van der Waals surface area contributed by atoms with E-state index in [2.05, 4.69) is 28.6 Å². The van der Waals surface area contributed by atoms with Gasteiger partial charge in [-0.1, -0.05) is 43.0 Å². The molecule has 204 valence electrons. The van der Waals surface area contributed by atoms with Crippen LogP contribution in [0.1, 0.15) is 37.2 Å². The predicted octanol–water partition coefficient (Wildman–Crippen LogP) is 4.43. The lowest BCUT2D eigenvalue weighted by atomic mass is 9.78. The van der Waals surface area contributed by atoms with Crippen LogP contribution in [0.15, 0.2) is 61.3 Å². The van der Waals surface area contributed by atoms with E-state index in [4.69, 9.17) is 14.2 Å². The number of pyridine rings is 1. The third-order valence-electron chi connectivity index (χ3n) is 7.45. The van der Waals surface area contributed by atoms with E-state index in [0.717, 1.165) is 38.5 Å². The number of likely N-dealkylation sites (tertiary alicyclic amines) is 1. The summed E-state index contributed by atoms with van der Waals surface area (Å²) in [7, 11) is 1.39. The van der Waals surface area contributed by atoms with Gasteiger partial charge in [0.2, 0.25) is 5.88 Å². The topological polar surface area (TPSA) is 81.2 Å². The number of nitrogens with zero attached hydrogens (tertiary/aromatic N) is 3. The van der Waals surface area contributed by atoms with Crippen molar-refractivity contribution in [1.29, 1.82) is 0 Å². The highest BCUT2D eigenvalue weighted by molar-refractivity contribution is 5.69. The number of carbonyl (C=O) groups is 2. The van der Waals surface area contributed by atoms with E-state index in [9.17, 15) is 14.0 Å². The normalized spacial score (nSPS) is 20.3. The molecule has 2 fully saturated rings. The minimum atomic E-state index is -0.428. The van der Waals surface area contributed by atoms with Crippen LogP contribution in [0.3, 0.4) is 0 Å². The zero-order valence-corrected chi connectivity index (χ0v) is 21.9. The summed E-state index contributed by atoms with van der Waals surface area (Å²) in [6, 6.07) is 13.1. The molecule has 1 aliphatic heterocycles. The maximum absolute atomic E-state index is 13.4. The highest BCUT2D eigenvalue weighted by atomic mass is 19.1. The lowest BCUT2D eigenvalue weighted by molar-refractivity contribution is -0.141. The number of ether oxygens (including phenoxy) is 3. The van der Waals surface area contributed by atoms with Crippen molar-refractivity contribution >= 4 is 12.1 Å². The number of hydrogen-bond donors (Lipinski definition) is 0. The highest BCUT2D eigenvalue weighted by Gasteiger charge is 2.49. The van der Waals surface area contributed by atoms with E-state index in [1.807, 2.05) is 23.1 Å². The van der Waals surface area contributed by atoms with Crippen LogP contribution >= 0.6 is 0 Å². The first-order chi connectivity index (χ1) is 18.4. The first-order valence-electron chi connectivity index (χ1n) is 13.1. The van der Waals surface area contributed by atoms with Crippen LogP contribution in [0, 0.1) is 11.2 Å². The molecule has 2 aromatic rings. The lowest BCUT2D eigenvalue weighted by Crippen LogP contribution is -2.51. The van der Waals surface area contributed by atoms with Crippen molar-refractivity contribution in [3.8, 4) is 5.88 Å². The van der Waals surface area contributed by atoms with E-state index in [0.29, 0.717) is 32.0 Å². The summed E-state index contributed by atoms with van der Waals surface area (Å²) in [5.74, 6) is -0.0650. The molecule has 2 aliphatic rings. The summed E-state index contributed by atoms with van der Waals surface area (Å²) >= 11 is 0. The van der Waals surface area contributed by atoms with Crippen molar-refractivity contribution in [3.63, 3.8) is 0 Å². The Labute approximate surface area is 223 Å². The molecule has 9 heteroatoms. The number of amides is 1. The van der Waals surface area contributed by atoms with Gasteiger partial charge in [-0.15, -0.1) is 0 Å². The van der Waals surface area contributed by atoms with Gasteiger partial charge in [0.05, 0.1) is 26.3 Å². The molecule has 38 heavy (non-hydrogen) atoms. The third-order valence-corrected chi connectivity index (χ3v) is 7.45. The van der Waals surface area contributed by atoms with Crippen molar-refractivity contribution in [2.45, 2.75) is 37.6 Å². The van der Waals surface area contributed by atoms with E-state index >= 15 is 0 Å². The molecule has 2 atom stereocenters. The minimum absolute atomic E-state index is 0.0351. The maximum Gasteiger partial charge on any atom is 0.410 e. The summed E-state index contributed by atoms with van der Waals surface area (Å²) in [5.41, 5.74) is 0.840. The molecule has 2 heterocycles. The second-order valence-electron chi connectivity index (χ2n) is 10.1. The number of rotatable bonds is 12. The Bertz CT molecular complexity index is 1070. The standard InChI is InChI=1S/C29H36FN3O5/c1-3-17-37-28(35)33(25-18-24(25)22-7-5-4-6-8-22)20-29(21-38-26-10-9-23(30)19-31-26)12-15-32(16-13-29)14-11-27(34)36-2/h3-10,19,24-25H,1,11-18,20-21H2,2H3/t24?,25-/m1/s1. The van der Waals surface area contributed by atoms with Gasteiger partial charge in [-0.05, 0) is 44.0 Å². The van der Waals surface area contributed by atoms with E-state index in [1.54, 1.807) is 6.08 Å². The van der Waals surface area contributed by atoms with Gasteiger partial charge in [-0.2, -0.15) is 0 Å². The second-order valence-corrected chi connectivity index (χ2v) is 10.1. The number of halogens is 1. The number of hydrogen-bond acceptors (Lipinski definition) is 7. The first kappa shape index (κ1) is 27.6. The molecule has 1 aromatic carbocycles. The number of benzene rings is 1. The maximum atomic E-state index is 13.4. The zero-order chi connectivity index (χ0) is 27.0. The smallest absolute Gasteiger partial charge is 0.410 e. The molecule has 1 amide bonds. The van der Waals surface area contributed by atoms with Crippen LogP contribution in [-0.4, -0.2) is 79.4 Å². The van der Waals surface area contributed by atoms with E-state index in [-0.39, 0.29) is 36.0 Å². The summed E-state index contributed by atoms with van der Waals surface area (Å²) in [6.45, 7) is 6.71. The van der Waals surface area contributed by atoms with Gasteiger partial charge in [-0.25, -0.2) is 14.2 Å². The van der Waals surface area contributed by atoms with Crippen molar-refractivity contribution in [3.05, 3.63) is 72.7 Å². The molecular weight excluding hydrogens is 489 g/mol. The molecule has 1 aliphatic carbocycles. The second kappa shape index (κ2) is 12.9. The number of esters is 1. The van der Waals surface area contributed by atoms with Gasteiger partial charge in [0.1, 0.15) is 12.4 Å². The monoisotopic (exact) mass is 525 g/mol. The fourth-order valence-electron chi connectivity index (χ4n) is 5.10. The molecule has 1 unspecified atom stereocenters. The fraction of sp³-hybridized carbons (Fsp3) is 0.483. The zero-order valence-electron chi connectivity index (χ0n) is 21.9. The number of aromatic nitrogens is 1. The first-order valence-corrected chi connectivity index (χ1v) is 13.1. The van der Waals surface area contributed by atoms with Crippen molar-refractivity contribution in [2.75, 3.05) is 46.5 Å². The van der Waals surface area contributed by atoms with Gasteiger partial charge < -0.3 is 24.0 Å². The summed E-state index contributed by atoms with van der Waals surface area (Å²) in [5, 5.41) is 0. The van der Waals surface area contributed by atoms with Crippen LogP contribution in [0.4, 0.5) is 9.18 Å². The molecule has 1 aromatic heterocycles. The van der Waals surface area contributed by atoms with Gasteiger partial charge in [-0.3, -0.25) is 4.79 Å². The van der Waals surface area contributed by atoms with Gasteiger partial charge in [0.15, 0.2) is 0 Å². The molecule has 0 spiro atoms. The molecule has 1 saturated heterocycles. The van der Waals surface area contributed by atoms with Gasteiger partial charge in [0.25, 0.3) is 0 Å². The Hall–Kier alpha value is -3.46. The predicted molar refractivity (Wildman–Crippen MR) is 140 cm³/mol. The van der Waals surface area contributed by atoms with Gasteiger partial charge in [0, 0.05) is 36.5 Å². The van der Waals surface area contributed by atoms with Crippen molar-refractivity contribution < 1.29 is 28.2 Å². The molecule has 8 nitrogen and oxygen atoms in total. The highest BCUT2D eigenvalue weighted by Crippen LogP contribution is 2.47. The lowest BCUT2D eigenvalue weighted by Gasteiger charge is -2.44. The van der Waals surface area contributed by atoms with Crippen LogP contribution in [0.5, 0.6) is 5.88 Å². The Morgan fingerprint density at radius 1 is 1.21 bits per heavy atom. The average molecular weight is 526 g/mol. The molecule has 1 saturated carbocycles. The molecule has 4 rings (SSSR count). The largest absolute Gasteiger partial charge is 0.477 e. The number of methoxy groups -OCH3 is 1.